The van der Waals surface area contributed by atoms with Crippen molar-refractivity contribution in [2.75, 3.05) is 11.5 Å². The van der Waals surface area contributed by atoms with Gasteiger partial charge >= 0.3 is 0 Å². The molecule has 0 saturated carbocycles. The van der Waals surface area contributed by atoms with E-state index in [0.29, 0.717) is 12.8 Å². The van der Waals surface area contributed by atoms with Crippen LogP contribution in [0.4, 0.5) is 0 Å². The maximum Gasteiger partial charge on any atom is 0.159 e. The molecule has 1 aliphatic rings. The van der Waals surface area contributed by atoms with Gasteiger partial charge in [-0.05, 0) is 18.9 Å². The molecule has 118 valence electrons. The minimum atomic E-state index is -2.86. The number of sulfone groups is 1. The van der Waals surface area contributed by atoms with Gasteiger partial charge in [0.2, 0.25) is 0 Å². The van der Waals surface area contributed by atoms with Crippen LogP contribution < -0.4 is 0 Å². The molecule has 1 aliphatic heterocycles. The van der Waals surface area contributed by atoms with E-state index < -0.39 is 9.84 Å². The van der Waals surface area contributed by atoms with Crippen LogP contribution >= 0.6 is 0 Å². The predicted octanol–water partition coefficient (Wildman–Crippen LogP) is 2.21. The van der Waals surface area contributed by atoms with E-state index in [0.717, 1.165) is 17.3 Å². The summed E-state index contributed by atoms with van der Waals surface area (Å²) >= 11 is 0. The van der Waals surface area contributed by atoms with Gasteiger partial charge in [-0.25, -0.2) is 23.4 Å². The van der Waals surface area contributed by atoms with Crippen molar-refractivity contribution in [3.63, 3.8) is 0 Å². The molecular weight excluding hydrogens is 300 g/mol. The van der Waals surface area contributed by atoms with Crippen LogP contribution in [0.1, 0.15) is 44.5 Å². The Morgan fingerprint density at radius 2 is 1.91 bits per heavy atom. The summed E-state index contributed by atoms with van der Waals surface area (Å²) in [4.78, 5) is 13.3. The smallest absolute Gasteiger partial charge is 0.159 e. The van der Waals surface area contributed by atoms with Gasteiger partial charge in [-0.3, -0.25) is 0 Å². The molecule has 0 spiro atoms. The molecule has 0 atom stereocenters. The molecule has 0 bridgehead atoms. The average Bonchev–Trinajstić information content (AvgIpc) is 2.97. The molecule has 7 heteroatoms. The Hall–Kier alpha value is -1.76. The lowest BCUT2D eigenvalue weighted by atomic mass is 10.1. The Bertz CT molecular complexity index is 753. The molecule has 0 aromatic carbocycles. The minimum Gasteiger partial charge on any atom is -0.327 e. The third-order valence-electron chi connectivity index (χ3n) is 4.01. The van der Waals surface area contributed by atoms with E-state index in [-0.39, 0.29) is 23.5 Å². The van der Waals surface area contributed by atoms with E-state index in [2.05, 4.69) is 33.4 Å². The lowest BCUT2D eigenvalue weighted by molar-refractivity contribution is 0.452. The number of aromatic nitrogens is 4. The van der Waals surface area contributed by atoms with Gasteiger partial charge in [0.1, 0.15) is 21.4 Å². The zero-order valence-corrected chi connectivity index (χ0v) is 13.6. The molecule has 6 nitrogen and oxygen atoms in total. The molecule has 3 heterocycles. The first-order valence-corrected chi connectivity index (χ1v) is 9.35. The Balaban J connectivity index is 1.91. The van der Waals surface area contributed by atoms with Crippen molar-refractivity contribution in [1.82, 2.24) is 19.5 Å². The van der Waals surface area contributed by atoms with Gasteiger partial charge in [0.05, 0.1) is 11.5 Å². The Labute approximate surface area is 130 Å². The van der Waals surface area contributed by atoms with Gasteiger partial charge in [0.15, 0.2) is 5.82 Å². The van der Waals surface area contributed by atoms with Crippen LogP contribution in [0.3, 0.4) is 0 Å². The molecule has 0 radical (unpaired) electrons. The Kier molecular flexibility index (Phi) is 3.99. The van der Waals surface area contributed by atoms with Gasteiger partial charge in [-0.15, -0.1) is 0 Å². The molecule has 0 unspecified atom stereocenters. The SMILES string of the molecule is CC(C)c1nccc(-c2nccn2C2CCS(=O)(=O)CC2)n1. The number of imidazole rings is 1. The monoisotopic (exact) mass is 320 g/mol. The lowest BCUT2D eigenvalue weighted by Gasteiger charge is -2.24. The number of rotatable bonds is 3. The van der Waals surface area contributed by atoms with Crippen LogP contribution in [0, 0.1) is 0 Å². The molecule has 0 amide bonds. The van der Waals surface area contributed by atoms with Crippen molar-refractivity contribution < 1.29 is 8.42 Å². The third kappa shape index (κ3) is 3.04. The summed E-state index contributed by atoms with van der Waals surface area (Å²) in [6.07, 6.45) is 6.67. The molecular formula is C15H20N4O2S. The second kappa shape index (κ2) is 5.79. The first-order valence-electron chi connectivity index (χ1n) is 7.53. The lowest BCUT2D eigenvalue weighted by Crippen LogP contribution is -2.25. The number of hydrogen-bond acceptors (Lipinski definition) is 5. The predicted molar refractivity (Wildman–Crippen MR) is 84.3 cm³/mol. The van der Waals surface area contributed by atoms with E-state index in [1.165, 1.54) is 0 Å². The van der Waals surface area contributed by atoms with Crippen molar-refractivity contribution in [1.29, 1.82) is 0 Å². The van der Waals surface area contributed by atoms with Gasteiger partial charge < -0.3 is 4.57 Å². The maximum atomic E-state index is 11.6. The van der Waals surface area contributed by atoms with Crippen LogP contribution in [0.25, 0.3) is 11.5 Å². The van der Waals surface area contributed by atoms with Crippen molar-refractivity contribution in [2.45, 2.75) is 38.6 Å². The minimum absolute atomic E-state index is 0.165. The quantitative estimate of drug-likeness (QED) is 0.866. The molecule has 3 rings (SSSR count). The van der Waals surface area contributed by atoms with Crippen LogP contribution in [0.15, 0.2) is 24.7 Å². The fraction of sp³-hybridized carbons (Fsp3) is 0.533. The highest BCUT2D eigenvalue weighted by Crippen LogP contribution is 2.28. The Morgan fingerprint density at radius 3 is 2.59 bits per heavy atom. The fourth-order valence-electron chi connectivity index (χ4n) is 2.74. The zero-order valence-electron chi connectivity index (χ0n) is 12.8. The second-order valence-electron chi connectivity index (χ2n) is 6.00. The van der Waals surface area contributed by atoms with E-state index in [4.69, 9.17) is 0 Å². The van der Waals surface area contributed by atoms with Crippen LogP contribution in [0.2, 0.25) is 0 Å². The summed E-state index contributed by atoms with van der Waals surface area (Å²) in [6, 6.07) is 2.02. The van der Waals surface area contributed by atoms with E-state index >= 15 is 0 Å². The first kappa shape index (κ1) is 15.1. The zero-order chi connectivity index (χ0) is 15.7. The van der Waals surface area contributed by atoms with Gasteiger partial charge in [0.25, 0.3) is 0 Å². The van der Waals surface area contributed by atoms with Crippen LogP contribution in [0.5, 0.6) is 0 Å². The second-order valence-corrected chi connectivity index (χ2v) is 8.30. The van der Waals surface area contributed by atoms with Gasteiger partial charge in [-0.1, -0.05) is 13.8 Å². The largest absolute Gasteiger partial charge is 0.327 e. The summed E-state index contributed by atoms with van der Waals surface area (Å²) in [6.45, 7) is 4.11. The van der Waals surface area contributed by atoms with E-state index in [9.17, 15) is 8.42 Å². The molecule has 0 N–H and O–H groups in total. The van der Waals surface area contributed by atoms with Crippen LogP contribution in [-0.2, 0) is 9.84 Å². The normalized spacial score (nSPS) is 18.7. The summed E-state index contributed by atoms with van der Waals surface area (Å²) in [5.41, 5.74) is 0.789. The topological polar surface area (TPSA) is 77.7 Å². The Morgan fingerprint density at radius 1 is 1.18 bits per heavy atom. The van der Waals surface area contributed by atoms with Crippen LogP contribution in [-0.4, -0.2) is 39.4 Å². The molecule has 1 fully saturated rings. The average molecular weight is 320 g/mol. The number of nitrogens with zero attached hydrogens (tertiary/aromatic N) is 4. The summed E-state index contributed by atoms with van der Waals surface area (Å²) in [5.74, 6) is 2.32. The van der Waals surface area contributed by atoms with Gasteiger partial charge in [-0.2, -0.15) is 0 Å². The van der Waals surface area contributed by atoms with Crippen molar-refractivity contribution in [2.24, 2.45) is 0 Å². The van der Waals surface area contributed by atoms with E-state index in [1.54, 1.807) is 12.4 Å². The first-order chi connectivity index (χ1) is 10.5. The third-order valence-corrected chi connectivity index (χ3v) is 5.72. The summed E-state index contributed by atoms with van der Waals surface area (Å²) in [7, 11) is -2.86. The highest BCUT2D eigenvalue weighted by atomic mass is 32.2. The fourth-order valence-corrected chi connectivity index (χ4v) is 4.20. The van der Waals surface area contributed by atoms with E-state index in [1.807, 2.05) is 12.3 Å². The standard InChI is InChI=1S/C15H20N4O2S/c1-11(2)14-16-6-3-13(18-14)15-17-7-8-19(15)12-4-9-22(20,21)10-5-12/h3,6-8,11-12H,4-5,9-10H2,1-2H3. The van der Waals surface area contributed by atoms with Gasteiger partial charge in [0, 0.05) is 30.6 Å². The molecule has 0 aliphatic carbocycles. The highest BCUT2D eigenvalue weighted by Gasteiger charge is 2.26. The van der Waals surface area contributed by atoms with Crippen molar-refractivity contribution in [3.05, 3.63) is 30.5 Å². The highest BCUT2D eigenvalue weighted by molar-refractivity contribution is 7.91. The molecule has 1 saturated heterocycles. The molecule has 2 aromatic heterocycles. The summed E-state index contributed by atoms with van der Waals surface area (Å²) < 4.78 is 25.2. The summed E-state index contributed by atoms with van der Waals surface area (Å²) in [5, 5.41) is 0. The van der Waals surface area contributed by atoms with Crippen molar-refractivity contribution in [3.8, 4) is 11.5 Å². The molecule has 2 aromatic rings. The maximum absolute atomic E-state index is 11.6. The molecule has 22 heavy (non-hydrogen) atoms. The number of hydrogen-bond donors (Lipinski definition) is 0. The van der Waals surface area contributed by atoms with Crippen molar-refractivity contribution >= 4 is 9.84 Å².